The molecule has 0 aliphatic carbocycles. The van der Waals surface area contributed by atoms with Crippen molar-refractivity contribution >= 4 is 5.57 Å². The van der Waals surface area contributed by atoms with Crippen LogP contribution in [0.1, 0.15) is 18.9 Å². The number of hydrogen-bond acceptors (Lipinski definition) is 4. The molecule has 0 spiro atoms. The summed E-state index contributed by atoms with van der Waals surface area (Å²) in [7, 11) is 0. The van der Waals surface area contributed by atoms with Crippen molar-refractivity contribution in [2.75, 3.05) is 13.1 Å². The molecule has 158 valence electrons. The van der Waals surface area contributed by atoms with E-state index in [0.717, 1.165) is 41.9 Å². The number of hydrogen-bond donors (Lipinski definition) is 1. The molecule has 31 heavy (non-hydrogen) atoms. The molecule has 0 amide bonds. The number of rotatable bonds is 3. The highest BCUT2D eigenvalue weighted by Crippen LogP contribution is 2.42. The van der Waals surface area contributed by atoms with Gasteiger partial charge in [-0.3, -0.25) is 9.88 Å². The smallest absolute Gasteiger partial charge is 0.155 e. The van der Waals surface area contributed by atoms with E-state index in [-0.39, 0.29) is 30.4 Å². The molecule has 6 rings (SSSR count). The number of aromatic amines is 1. The largest absolute Gasteiger partial charge is 0.360 e. The highest BCUT2D eigenvalue weighted by atomic mass is 19.1. The molecule has 6 heteroatoms. The zero-order chi connectivity index (χ0) is 20.9. The lowest BCUT2D eigenvalue weighted by Crippen LogP contribution is -2.38. The van der Waals surface area contributed by atoms with Gasteiger partial charge in [-0.25, -0.2) is 4.39 Å². The van der Waals surface area contributed by atoms with Gasteiger partial charge in [-0.05, 0) is 66.4 Å². The van der Waals surface area contributed by atoms with Crippen LogP contribution in [-0.4, -0.2) is 52.5 Å². The summed E-state index contributed by atoms with van der Waals surface area (Å²) in [5, 5.41) is 0. The number of aromatic nitrogens is 2. The van der Waals surface area contributed by atoms with Gasteiger partial charge in [-0.1, -0.05) is 6.08 Å². The van der Waals surface area contributed by atoms with Crippen molar-refractivity contribution in [1.82, 2.24) is 14.9 Å². The van der Waals surface area contributed by atoms with Crippen LogP contribution >= 0.6 is 0 Å². The molecule has 5 nitrogen and oxygen atoms in total. The van der Waals surface area contributed by atoms with Crippen molar-refractivity contribution in [2.24, 2.45) is 0 Å². The van der Waals surface area contributed by atoms with Gasteiger partial charge >= 0.3 is 0 Å². The number of nitrogens with zero attached hydrogens (tertiary/aromatic N) is 2. The fourth-order valence-corrected chi connectivity index (χ4v) is 5.23. The molecule has 3 aliphatic rings. The fraction of sp³-hybridized carbons (Fsp3) is 0.320. The van der Waals surface area contributed by atoms with Gasteiger partial charge in [0, 0.05) is 42.8 Å². The first kappa shape index (κ1) is 18.9. The average molecular weight is 417 g/mol. The monoisotopic (exact) mass is 417 g/mol. The van der Waals surface area contributed by atoms with Crippen LogP contribution in [0.5, 0.6) is 0 Å². The Bertz CT molecular complexity index is 1130. The first-order chi connectivity index (χ1) is 15.2. The Morgan fingerprint density at radius 2 is 1.87 bits per heavy atom. The zero-order valence-corrected chi connectivity index (χ0v) is 17.3. The lowest BCUT2D eigenvalue weighted by atomic mass is 9.90. The molecule has 5 heterocycles. The first-order valence-electron chi connectivity index (χ1n) is 10.8. The zero-order valence-electron chi connectivity index (χ0n) is 17.3. The standard InChI is InChI=1S/C25H24FN3O2/c1-15-30-22-14-29-11-8-18(12-21(29)25(22)31-15)20-13-28-24(17-2-4-19(26)5-3-17)23(20)16-6-9-27-10-7-16/h2-7,9-10,12-13,15,21-22,25,28H,8,11,14H2,1H3/t15?,21-,22?,25?/m0/s1. The normalized spacial score (nSPS) is 27.7. The van der Waals surface area contributed by atoms with E-state index < -0.39 is 0 Å². The molecule has 3 unspecified atom stereocenters. The topological polar surface area (TPSA) is 50.4 Å². The number of nitrogens with one attached hydrogen (secondary N) is 1. The van der Waals surface area contributed by atoms with E-state index in [4.69, 9.17) is 9.47 Å². The number of halogens is 1. The molecule has 1 N–H and O–H groups in total. The quantitative estimate of drug-likeness (QED) is 0.683. The Labute approximate surface area is 180 Å². The van der Waals surface area contributed by atoms with E-state index in [2.05, 4.69) is 27.1 Å². The van der Waals surface area contributed by atoms with Crippen molar-refractivity contribution < 1.29 is 13.9 Å². The van der Waals surface area contributed by atoms with Gasteiger partial charge in [0.25, 0.3) is 0 Å². The summed E-state index contributed by atoms with van der Waals surface area (Å²) >= 11 is 0. The third kappa shape index (κ3) is 3.22. The predicted octanol–water partition coefficient (Wildman–Crippen LogP) is 4.48. The van der Waals surface area contributed by atoms with Crippen LogP contribution in [-0.2, 0) is 9.47 Å². The van der Waals surface area contributed by atoms with Gasteiger partial charge in [0.15, 0.2) is 6.29 Å². The van der Waals surface area contributed by atoms with Crippen LogP contribution in [0.3, 0.4) is 0 Å². The Morgan fingerprint density at radius 1 is 1.06 bits per heavy atom. The van der Waals surface area contributed by atoms with E-state index >= 15 is 0 Å². The highest BCUT2D eigenvalue weighted by Gasteiger charge is 2.48. The van der Waals surface area contributed by atoms with E-state index in [1.54, 1.807) is 0 Å². The van der Waals surface area contributed by atoms with E-state index in [1.165, 1.54) is 23.3 Å². The molecule has 0 saturated carbocycles. The minimum absolute atomic E-state index is 0.0881. The van der Waals surface area contributed by atoms with E-state index in [1.807, 2.05) is 43.6 Å². The van der Waals surface area contributed by atoms with E-state index in [9.17, 15) is 4.39 Å². The van der Waals surface area contributed by atoms with Crippen molar-refractivity contribution in [3.63, 3.8) is 0 Å². The molecule has 0 radical (unpaired) electrons. The van der Waals surface area contributed by atoms with Crippen LogP contribution in [0.2, 0.25) is 0 Å². The van der Waals surface area contributed by atoms with Crippen LogP contribution in [0, 0.1) is 5.82 Å². The van der Waals surface area contributed by atoms with E-state index in [0.29, 0.717) is 0 Å². The summed E-state index contributed by atoms with van der Waals surface area (Å²) in [4.78, 5) is 10.1. The molecule has 4 atom stereocenters. The number of pyridine rings is 1. The molecular weight excluding hydrogens is 393 g/mol. The molecular formula is C25H24FN3O2. The van der Waals surface area contributed by atoms with Gasteiger partial charge in [0.2, 0.25) is 0 Å². The van der Waals surface area contributed by atoms with Crippen LogP contribution < -0.4 is 0 Å². The summed E-state index contributed by atoms with van der Waals surface area (Å²) in [6.07, 6.45) is 9.12. The van der Waals surface area contributed by atoms with Crippen molar-refractivity contribution in [3.05, 3.63) is 72.4 Å². The highest BCUT2D eigenvalue weighted by molar-refractivity contribution is 5.91. The number of fused-ring (bicyclic) bond motifs is 3. The second-order valence-electron chi connectivity index (χ2n) is 8.47. The molecule has 2 fully saturated rings. The molecule has 0 bridgehead atoms. The van der Waals surface area contributed by atoms with Gasteiger partial charge in [0.1, 0.15) is 18.0 Å². The Hall–Kier alpha value is -2.80. The summed E-state index contributed by atoms with van der Waals surface area (Å²) in [6.45, 7) is 3.88. The van der Waals surface area contributed by atoms with Crippen LogP contribution in [0.25, 0.3) is 28.0 Å². The lowest BCUT2D eigenvalue weighted by molar-refractivity contribution is -0.0714. The summed E-state index contributed by atoms with van der Waals surface area (Å²) in [6, 6.07) is 10.9. The maximum atomic E-state index is 13.5. The maximum Gasteiger partial charge on any atom is 0.155 e. The van der Waals surface area contributed by atoms with Crippen LogP contribution in [0.4, 0.5) is 4.39 Å². The minimum atomic E-state index is -0.236. The lowest BCUT2D eigenvalue weighted by Gasteiger charge is -2.31. The molecule has 3 aliphatic heterocycles. The summed E-state index contributed by atoms with van der Waals surface area (Å²) < 4.78 is 25.6. The fourth-order valence-electron chi connectivity index (χ4n) is 5.23. The Morgan fingerprint density at radius 3 is 2.68 bits per heavy atom. The predicted molar refractivity (Wildman–Crippen MR) is 117 cm³/mol. The van der Waals surface area contributed by atoms with Gasteiger partial charge in [0.05, 0.1) is 11.7 Å². The molecule has 1 aromatic carbocycles. The number of H-pyrrole nitrogens is 1. The molecule has 3 aromatic rings. The number of ether oxygens (including phenoxy) is 2. The third-order valence-corrected chi connectivity index (χ3v) is 6.62. The minimum Gasteiger partial charge on any atom is -0.360 e. The van der Waals surface area contributed by atoms with Gasteiger partial charge < -0.3 is 14.5 Å². The molecule has 2 saturated heterocycles. The summed E-state index contributed by atoms with van der Waals surface area (Å²) in [5.41, 5.74) is 6.65. The SMILES string of the molecule is CC1OC2CN3CCC(c4c[nH]c(-c5ccc(F)cc5)c4-c4ccncc4)=C[C@H]3C2O1. The average Bonchev–Trinajstić information content (AvgIpc) is 3.47. The van der Waals surface area contributed by atoms with Crippen molar-refractivity contribution in [3.8, 4) is 22.4 Å². The first-order valence-corrected chi connectivity index (χ1v) is 10.8. The van der Waals surface area contributed by atoms with Gasteiger partial charge in [-0.2, -0.15) is 0 Å². The van der Waals surface area contributed by atoms with Gasteiger partial charge in [-0.15, -0.1) is 0 Å². The Kier molecular flexibility index (Phi) is 4.52. The Balaban J connectivity index is 1.45. The van der Waals surface area contributed by atoms with Crippen molar-refractivity contribution in [1.29, 1.82) is 0 Å². The third-order valence-electron chi connectivity index (χ3n) is 6.62. The second kappa shape index (κ2) is 7.41. The van der Waals surface area contributed by atoms with Crippen LogP contribution in [0.15, 0.2) is 61.1 Å². The molecule has 2 aromatic heterocycles. The van der Waals surface area contributed by atoms with Crippen molar-refractivity contribution in [2.45, 2.75) is 37.9 Å². The second-order valence-corrected chi connectivity index (χ2v) is 8.47. The maximum absolute atomic E-state index is 13.5. The number of benzene rings is 1. The summed E-state index contributed by atoms with van der Waals surface area (Å²) in [5.74, 6) is -0.236.